The lowest BCUT2D eigenvalue weighted by molar-refractivity contribution is -0.757. The van der Waals surface area contributed by atoms with Gasteiger partial charge in [-0.2, -0.15) is 0 Å². The Balaban J connectivity index is 0. The number of rotatable bonds is 11. The van der Waals surface area contributed by atoms with Gasteiger partial charge in [0.1, 0.15) is 18.6 Å². The smallest absolute Gasteiger partial charge is 0.302 e. The van der Waals surface area contributed by atoms with Crippen LogP contribution in [0.2, 0.25) is 0 Å². The average Bonchev–Trinajstić information content (AvgIpc) is 3.76. The monoisotopic (exact) mass is 757 g/mol. The van der Waals surface area contributed by atoms with E-state index >= 15 is 0 Å². The highest BCUT2D eigenvalue weighted by molar-refractivity contribution is 7.80. The molecular formula is C29H52ClN7O8S3. The van der Waals surface area contributed by atoms with Gasteiger partial charge in [-0.1, -0.05) is 0 Å². The molecular weight excluding hydrogens is 706 g/mol. The van der Waals surface area contributed by atoms with Gasteiger partial charge in [-0.3, -0.25) is 9.59 Å². The second-order valence-electron chi connectivity index (χ2n) is 10.5. The molecule has 1 unspecified atom stereocenters. The highest BCUT2D eigenvalue weighted by atomic mass is 35.5. The van der Waals surface area contributed by atoms with Gasteiger partial charge in [0.25, 0.3) is 5.09 Å². The van der Waals surface area contributed by atoms with Crippen LogP contribution in [0.4, 0.5) is 10.3 Å². The Morgan fingerprint density at radius 2 is 1.46 bits per heavy atom. The van der Waals surface area contributed by atoms with Crippen LogP contribution in [0.5, 0.6) is 0 Å². The Bertz CT molecular complexity index is 1220. The number of Topliss-reactive ketones (excluding diaryl/α,β-unsaturated/α-hetero) is 1. The van der Waals surface area contributed by atoms with Crippen LogP contribution in [-0.4, -0.2) is 123 Å². The van der Waals surface area contributed by atoms with Gasteiger partial charge in [0, 0.05) is 91.6 Å². The van der Waals surface area contributed by atoms with Gasteiger partial charge in [0.05, 0.1) is 11.4 Å². The molecule has 3 rings (SSSR count). The van der Waals surface area contributed by atoms with Crippen molar-refractivity contribution >= 4 is 73.6 Å². The van der Waals surface area contributed by atoms with Gasteiger partial charge in [0.15, 0.2) is 21.2 Å². The number of aliphatic hydroxyl groups is 1. The van der Waals surface area contributed by atoms with Gasteiger partial charge < -0.3 is 39.9 Å². The van der Waals surface area contributed by atoms with Crippen LogP contribution in [0.3, 0.4) is 0 Å². The molecule has 3 N–H and O–H groups in total. The summed E-state index contributed by atoms with van der Waals surface area (Å²) in [6.07, 6.45) is 3.80. The minimum Gasteiger partial charge on any atom is -0.464 e. The molecule has 0 saturated carbocycles. The highest BCUT2D eigenvalue weighted by Gasteiger charge is 2.11. The summed E-state index contributed by atoms with van der Waals surface area (Å²) in [6, 6.07) is 0. The molecule has 276 valence electrons. The lowest BCUT2D eigenvalue weighted by atomic mass is 10.3. The van der Waals surface area contributed by atoms with Crippen molar-refractivity contribution in [1.29, 1.82) is 0 Å². The Morgan fingerprint density at radius 3 is 1.73 bits per heavy atom. The Morgan fingerprint density at radius 1 is 1.02 bits per heavy atom. The maximum Gasteiger partial charge on any atom is 0.302 e. The molecule has 1 atom stereocenters. The molecule has 19 heteroatoms. The van der Waals surface area contributed by atoms with E-state index in [9.17, 15) is 19.7 Å². The standard InChI is InChI=1S/C8H13N3O3S.C8H14N2OS.C6H9ClO3.C4H8O.C3H8N2S/c1-6-7(4-5-14-11(12)13)15-8(9-6)10(2)3;1-6-7(4-5-11)12-8(9-6)10(2)3;1-4(8)6(7)3-10-5(2)9;1-2-4-5-3-1;1-5(2)3(4)6/h4-5H2,1-3H3;11H,4-5H2,1-3H3;6H,3H2,1-2H3;1-4H2;1-2H3,(H2,4,6). The summed E-state index contributed by atoms with van der Waals surface area (Å²) in [6.45, 7) is 8.75. The van der Waals surface area contributed by atoms with Gasteiger partial charge in [-0.05, 0) is 45.8 Å². The van der Waals surface area contributed by atoms with E-state index in [1.807, 2.05) is 65.9 Å². The topological polar surface area (TPSA) is 187 Å². The summed E-state index contributed by atoms with van der Waals surface area (Å²) >= 11 is 13.1. The van der Waals surface area contributed by atoms with Crippen molar-refractivity contribution in [1.82, 2.24) is 14.9 Å². The van der Waals surface area contributed by atoms with E-state index in [2.05, 4.69) is 31.8 Å². The summed E-state index contributed by atoms with van der Waals surface area (Å²) in [4.78, 5) is 51.3. The number of halogens is 1. The zero-order valence-corrected chi connectivity index (χ0v) is 32.8. The molecule has 2 aromatic heterocycles. The molecule has 15 nitrogen and oxygen atoms in total. The molecule has 48 heavy (non-hydrogen) atoms. The van der Waals surface area contributed by atoms with Gasteiger partial charge in [-0.15, -0.1) is 44.4 Å². The van der Waals surface area contributed by atoms with Crippen LogP contribution in [-0.2, 0) is 36.7 Å². The van der Waals surface area contributed by atoms with Crippen LogP contribution < -0.4 is 15.5 Å². The first-order chi connectivity index (χ1) is 22.3. The van der Waals surface area contributed by atoms with Crippen LogP contribution in [0.1, 0.15) is 47.8 Å². The number of thiazole rings is 2. The second-order valence-corrected chi connectivity index (χ2v) is 13.6. The SMILES string of the molecule is C1CCOC1.CC(=O)OCC(Cl)C(C)=O.CN(C)C(N)=S.Cc1nc(N(C)C)sc1CCO.Cc1nc(N(C)C)sc1CCO[N+](=O)[O-]. The number of hydrogen-bond acceptors (Lipinski definition) is 15. The zero-order valence-electron chi connectivity index (χ0n) is 29.6. The lowest BCUT2D eigenvalue weighted by Crippen LogP contribution is -2.27. The zero-order chi connectivity index (χ0) is 37.4. The van der Waals surface area contributed by atoms with Crippen molar-refractivity contribution in [2.75, 3.05) is 85.1 Å². The number of aromatic nitrogens is 2. The molecule has 0 aliphatic carbocycles. The fourth-order valence-corrected chi connectivity index (χ4v) is 4.80. The van der Waals surface area contributed by atoms with Gasteiger partial charge in [-0.25, -0.2) is 9.97 Å². The Hall–Kier alpha value is -2.90. The number of nitrogens with zero attached hydrogens (tertiary/aromatic N) is 6. The van der Waals surface area contributed by atoms with Crippen molar-refractivity contribution in [3.8, 4) is 0 Å². The third-order valence-corrected chi connectivity index (χ3v) is 9.10. The van der Waals surface area contributed by atoms with Crippen LogP contribution in [0, 0.1) is 24.0 Å². The van der Waals surface area contributed by atoms with E-state index in [1.165, 1.54) is 42.9 Å². The number of carbonyl (C=O) groups excluding carboxylic acids is 2. The Labute approximate surface area is 302 Å². The quantitative estimate of drug-likeness (QED) is 0.111. The summed E-state index contributed by atoms with van der Waals surface area (Å²) in [5.41, 5.74) is 7.04. The molecule has 1 aliphatic heterocycles. The lowest BCUT2D eigenvalue weighted by Gasteiger charge is -2.05. The third-order valence-electron chi connectivity index (χ3n) is 5.53. The predicted molar refractivity (Wildman–Crippen MR) is 197 cm³/mol. The summed E-state index contributed by atoms with van der Waals surface area (Å²) in [5.74, 6) is -0.616. The summed E-state index contributed by atoms with van der Waals surface area (Å²) in [7, 11) is 11.4. The number of thiocarbonyl (C=S) groups is 1. The number of alkyl halides is 1. The van der Waals surface area contributed by atoms with Crippen molar-refractivity contribution < 1.29 is 34.1 Å². The first kappa shape index (κ1) is 47.2. The fourth-order valence-electron chi connectivity index (χ4n) is 2.80. The number of aryl methyl sites for hydroxylation is 2. The number of aliphatic hydroxyl groups excluding tert-OH is 1. The second kappa shape index (κ2) is 27.0. The van der Waals surface area contributed by atoms with E-state index in [4.69, 9.17) is 27.2 Å². The number of hydrogen-bond donors (Lipinski definition) is 2. The fraction of sp³-hybridized carbons (Fsp3) is 0.690. The minimum absolute atomic E-state index is 0.0355. The first-order valence-electron chi connectivity index (χ1n) is 14.8. The molecule has 0 radical (unpaired) electrons. The maximum absolute atomic E-state index is 10.4. The first-order valence-corrected chi connectivity index (χ1v) is 17.3. The number of ketones is 1. The van der Waals surface area contributed by atoms with Crippen LogP contribution in [0.25, 0.3) is 0 Å². The molecule has 3 heterocycles. The van der Waals surface area contributed by atoms with Gasteiger partial charge >= 0.3 is 5.97 Å². The van der Waals surface area contributed by atoms with E-state index in [0.717, 1.165) is 46.2 Å². The summed E-state index contributed by atoms with van der Waals surface area (Å²) in [5, 5.41) is 19.6. The molecule has 2 aromatic rings. The molecule has 0 bridgehead atoms. The van der Waals surface area contributed by atoms with Crippen molar-refractivity contribution in [2.24, 2.45) is 5.73 Å². The third kappa shape index (κ3) is 24.3. The summed E-state index contributed by atoms with van der Waals surface area (Å²) < 4.78 is 9.42. The van der Waals surface area contributed by atoms with Crippen molar-refractivity contribution in [3.63, 3.8) is 0 Å². The minimum atomic E-state index is -0.775. The predicted octanol–water partition coefficient (Wildman–Crippen LogP) is 3.65. The molecule has 1 saturated heterocycles. The average molecular weight is 758 g/mol. The van der Waals surface area contributed by atoms with E-state index in [1.54, 1.807) is 16.2 Å². The van der Waals surface area contributed by atoms with Crippen molar-refractivity contribution in [2.45, 2.75) is 58.8 Å². The number of ether oxygens (including phenoxy) is 2. The van der Waals surface area contributed by atoms with E-state index in [-0.39, 0.29) is 25.6 Å². The number of anilines is 2. The van der Waals surface area contributed by atoms with Gasteiger partial charge in [0.2, 0.25) is 0 Å². The maximum atomic E-state index is 10.4. The highest BCUT2D eigenvalue weighted by Crippen LogP contribution is 2.25. The molecule has 1 fully saturated rings. The molecule has 0 amide bonds. The Kier molecular flexibility index (Phi) is 26.5. The van der Waals surface area contributed by atoms with Crippen LogP contribution >= 0.6 is 46.5 Å². The molecule has 0 aromatic carbocycles. The normalized spacial score (nSPS) is 11.8. The largest absolute Gasteiger partial charge is 0.464 e. The van der Waals surface area contributed by atoms with Crippen molar-refractivity contribution in [3.05, 3.63) is 31.3 Å². The number of carbonyl (C=O) groups is 2. The van der Waals surface area contributed by atoms with Crippen LogP contribution in [0.15, 0.2) is 0 Å². The molecule has 0 spiro atoms. The van der Waals surface area contributed by atoms with E-state index in [0.29, 0.717) is 11.5 Å². The number of nitrogens with two attached hydrogens (primary N) is 1. The number of esters is 1. The molecule has 1 aliphatic rings. The van der Waals surface area contributed by atoms with E-state index < -0.39 is 16.4 Å².